The molecule has 0 heterocycles. The van der Waals surface area contributed by atoms with E-state index in [9.17, 15) is 4.79 Å². The normalized spacial score (nSPS) is 5.88. The van der Waals surface area contributed by atoms with Gasteiger partial charge in [0.2, 0.25) is 0 Å². The lowest BCUT2D eigenvalue weighted by atomic mass is 10.6. The minimum atomic E-state index is -0.279. The predicted octanol–water partition coefficient (Wildman–Crippen LogP) is -1.05. The Morgan fingerprint density at radius 2 is 2.12 bits per heavy atom. The molecule has 0 radical (unpaired) electrons. The van der Waals surface area contributed by atoms with E-state index >= 15 is 0 Å². The summed E-state index contributed by atoms with van der Waals surface area (Å²) >= 11 is 3.42. The second-order valence-corrected chi connectivity index (χ2v) is 0.904. The third-order valence-corrected chi connectivity index (χ3v) is 0.516. The van der Waals surface area contributed by atoms with Crippen molar-refractivity contribution in [3.8, 4) is 0 Å². The zero-order valence-electron chi connectivity index (χ0n) is 4.29. The number of hydrazine groups is 1. The second-order valence-electron chi connectivity index (χ2n) is 0.680. The van der Waals surface area contributed by atoms with Crippen LogP contribution in [0.25, 0.3) is 0 Å². The summed E-state index contributed by atoms with van der Waals surface area (Å²) in [5.41, 5.74) is 0. The summed E-state index contributed by atoms with van der Waals surface area (Å²) in [6.45, 7) is 3.17. The lowest BCUT2D eigenvalue weighted by Crippen LogP contribution is -2.06. The fourth-order valence-corrected chi connectivity index (χ4v) is 0.137. The Morgan fingerprint density at radius 3 is 2.12 bits per heavy atom. The van der Waals surface area contributed by atoms with Crippen LogP contribution in [0.4, 0.5) is 0 Å². The Morgan fingerprint density at radius 1 is 1.75 bits per heavy atom. The van der Waals surface area contributed by atoms with Gasteiger partial charge in [0.1, 0.15) is 0 Å². The van der Waals surface area contributed by atoms with Crippen LogP contribution >= 0.6 is 12.8 Å². The Kier molecular flexibility index (Phi) is 12.7. The number of hydrogen-bond donors (Lipinski definition) is 4. The van der Waals surface area contributed by atoms with Gasteiger partial charge in [0.15, 0.2) is 0 Å². The van der Waals surface area contributed by atoms with Gasteiger partial charge in [-0.05, 0) is 6.08 Å². The minimum absolute atomic E-state index is 0.279. The molecule has 0 aromatic heterocycles. The van der Waals surface area contributed by atoms with Gasteiger partial charge in [-0.3, -0.25) is 21.2 Å². The number of rotatable bonds is 1. The Hall–Kier alpha value is -0.520. The molecule has 48 valence electrons. The van der Waals surface area contributed by atoms with Gasteiger partial charge in [0.05, 0.1) is 0 Å². The Labute approximate surface area is 53.4 Å². The molecule has 4 nitrogen and oxygen atoms in total. The molecular weight excluding hydrogens is 126 g/mol. The van der Waals surface area contributed by atoms with Crippen molar-refractivity contribution in [2.24, 2.45) is 11.7 Å². The molecule has 0 aliphatic heterocycles. The maximum atomic E-state index is 9.88. The van der Waals surface area contributed by atoms with Crippen LogP contribution < -0.4 is 16.4 Å². The van der Waals surface area contributed by atoms with Crippen molar-refractivity contribution in [3.05, 3.63) is 12.7 Å². The largest absolute Gasteiger partial charge is 0.299 e. The van der Waals surface area contributed by atoms with Gasteiger partial charge in [0.25, 0.3) is 5.91 Å². The molecule has 0 saturated heterocycles. The van der Waals surface area contributed by atoms with Gasteiger partial charge in [0, 0.05) is 0 Å². The third-order valence-electron chi connectivity index (χ3n) is 0.296. The monoisotopic (exact) mass is 135 g/mol. The number of nitrogens with two attached hydrogens (primary N) is 2. The highest BCUT2D eigenvalue weighted by molar-refractivity contribution is 7.78. The van der Waals surface area contributed by atoms with Crippen molar-refractivity contribution < 1.29 is 4.79 Å². The smallest absolute Gasteiger partial charge is 0.253 e. The first-order chi connectivity index (χ1) is 3.81. The van der Waals surface area contributed by atoms with E-state index in [1.54, 1.807) is 0 Å². The molecule has 0 saturated carbocycles. The summed E-state index contributed by atoms with van der Waals surface area (Å²) in [4.78, 5) is 9.88. The highest BCUT2D eigenvalue weighted by Gasteiger charge is 1.79. The van der Waals surface area contributed by atoms with Crippen molar-refractivity contribution in [3.63, 3.8) is 0 Å². The highest BCUT2D eigenvalue weighted by Crippen LogP contribution is 1.64. The van der Waals surface area contributed by atoms with E-state index in [0.29, 0.717) is 0 Å². The van der Waals surface area contributed by atoms with Gasteiger partial charge in [-0.2, -0.15) is 0 Å². The van der Waals surface area contributed by atoms with Crippen molar-refractivity contribution >= 4 is 18.7 Å². The van der Waals surface area contributed by atoms with E-state index in [1.165, 1.54) is 0 Å². The van der Waals surface area contributed by atoms with Gasteiger partial charge >= 0.3 is 0 Å². The van der Waals surface area contributed by atoms with E-state index in [4.69, 9.17) is 0 Å². The molecule has 0 unspecified atom stereocenters. The van der Waals surface area contributed by atoms with Crippen LogP contribution in [0.15, 0.2) is 12.7 Å². The summed E-state index contributed by atoms with van der Waals surface area (Å²) in [5, 5.41) is 0. The molecule has 5 N–H and O–H groups in total. The fourth-order valence-electron chi connectivity index (χ4n) is 0.0456. The van der Waals surface area contributed by atoms with Crippen molar-refractivity contribution in [1.29, 1.82) is 0 Å². The average molecular weight is 135 g/mol. The number of carbonyl (C=O) groups excluding carboxylic acids is 1. The molecule has 0 rings (SSSR count). The maximum Gasteiger partial charge on any atom is 0.253 e. The van der Waals surface area contributed by atoms with E-state index in [2.05, 4.69) is 35.8 Å². The van der Waals surface area contributed by atoms with Crippen LogP contribution in [0, 0.1) is 0 Å². The fraction of sp³-hybridized carbons (Fsp3) is 0. The quantitative estimate of drug-likeness (QED) is 0.160. The van der Waals surface area contributed by atoms with Gasteiger partial charge in [-0.1, -0.05) is 19.4 Å². The molecule has 0 aromatic rings. The summed E-state index contributed by atoms with van der Waals surface area (Å²) in [6, 6.07) is 0. The SMILES string of the molecule is C=CC(=O)NS.NN. The molecule has 8 heavy (non-hydrogen) atoms. The average Bonchev–Trinajstić information content (AvgIpc) is 1.91. The summed E-state index contributed by atoms with van der Waals surface area (Å²) in [6.07, 6.45) is 1.15. The molecule has 0 aromatic carbocycles. The van der Waals surface area contributed by atoms with E-state index in [0.717, 1.165) is 6.08 Å². The standard InChI is InChI=1S/C3H5NOS.H4N2/c1-2-3(5)4-6;1-2/h2,6H,1H2,(H,4,5);1-2H2. The summed E-state index contributed by atoms with van der Waals surface area (Å²) in [5.74, 6) is 7.72. The Bertz CT molecular complexity index is 74.9. The first kappa shape index (κ1) is 10.5. The molecule has 0 aliphatic carbocycles. The minimum Gasteiger partial charge on any atom is -0.299 e. The number of hydrogen-bond acceptors (Lipinski definition) is 4. The van der Waals surface area contributed by atoms with Crippen LogP contribution in [0.3, 0.4) is 0 Å². The highest BCUT2D eigenvalue weighted by atomic mass is 32.1. The maximum absolute atomic E-state index is 9.88. The third kappa shape index (κ3) is 9.08. The number of thiol groups is 1. The molecule has 0 fully saturated rings. The zero-order valence-corrected chi connectivity index (χ0v) is 5.19. The lowest BCUT2D eigenvalue weighted by molar-refractivity contribution is -0.114. The van der Waals surface area contributed by atoms with Crippen LogP contribution in [0.2, 0.25) is 0 Å². The molecular formula is C3H9N3OS. The van der Waals surface area contributed by atoms with Crippen molar-refractivity contribution in [2.75, 3.05) is 0 Å². The number of carbonyl (C=O) groups is 1. The lowest BCUT2D eigenvalue weighted by Gasteiger charge is -1.81. The van der Waals surface area contributed by atoms with Crippen LogP contribution in [0.5, 0.6) is 0 Å². The first-order valence-corrected chi connectivity index (χ1v) is 2.16. The van der Waals surface area contributed by atoms with Crippen LogP contribution in [0.1, 0.15) is 0 Å². The zero-order chi connectivity index (χ0) is 6.99. The molecule has 0 aliphatic rings. The van der Waals surface area contributed by atoms with E-state index < -0.39 is 0 Å². The van der Waals surface area contributed by atoms with E-state index in [-0.39, 0.29) is 5.91 Å². The summed E-state index contributed by atoms with van der Waals surface area (Å²) < 4.78 is 2.05. The van der Waals surface area contributed by atoms with Gasteiger partial charge in [-0.25, -0.2) is 0 Å². The molecule has 0 atom stereocenters. The number of amides is 1. The van der Waals surface area contributed by atoms with Crippen molar-refractivity contribution in [2.45, 2.75) is 0 Å². The predicted molar refractivity (Wildman–Crippen MR) is 35.7 cm³/mol. The number of nitrogens with one attached hydrogen (secondary N) is 1. The van der Waals surface area contributed by atoms with E-state index in [1.807, 2.05) is 0 Å². The van der Waals surface area contributed by atoms with Gasteiger partial charge in [-0.15, -0.1) is 0 Å². The van der Waals surface area contributed by atoms with Crippen LogP contribution in [-0.2, 0) is 4.79 Å². The Balaban J connectivity index is 0. The molecule has 0 bridgehead atoms. The molecule has 0 spiro atoms. The van der Waals surface area contributed by atoms with Crippen LogP contribution in [-0.4, -0.2) is 5.91 Å². The van der Waals surface area contributed by atoms with Crippen molar-refractivity contribution in [1.82, 2.24) is 4.72 Å². The molecule has 1 amide bonds. The summed E-state index contributed by atoms with van der Waals surface area (Å²) in [7, 11) is 0. The first-order valence-electron chi connectivity index (χ1n) is 1.71. The second kappa shape index (κ2) is 9.70. The molecule has 5 heteroatoms. The topological polar surface area (TPSA) is 81.1 Å². The van der Waals surface area contributed by atoms with Gasteiger partial charge < -0.3 is 0 Å².